The molecule has 1 unspecified atom stereocenters. The van der Waals surface area contributed by atoms with Crippen molar-refractivity contribution >= 4 is 27.7 Å². The van der Waals surface area contributed by atoms with Gasteiger partial charge in [0.25, 0.3) is 11.8 Å². The molecule has 3 rings (SSSR count). The molecule has 0 fully saturated rings. The van der Waals surface area contributed by atoms with E-state index in [9.17, 15) is 9.59 Å². The molecule has 0 aliphatic heterocycles. The molecule has 0 aliphatic carbocycles. The summed E-state index contributed by atoms with van der Waals surface area (Å²) in [7, 11) is 0. The Bertz CT molecular complexity index is 1010. The van der Waals surface area contributed by atoms with Crippen molar-refractivity contribution in [2.75, 3.05) is 0 Å². The summed E-state index contributed by atoms with van der Waals surface area (Å²) in [5, 5.41) is 0. The molecule has 0 aliphatic rings. The maximum absolute atomic E-state index is 12.4. The van der Waals surface area contributed by atoms with E-state index in [2.05, 4.69) is 31.8 Å². The Morgan fingerprint density at radius 2 is 1.83 bits per heavy atom. The second-order valence-electron chi connectivity index (χ2n) is 6.34. The number of pyridine rings is 1. The SMILES string of the molecule is CC(Oc1cccc(Br)c1)C(=O)NNC(=O)c1cccc(OCc2cccnc2)c1. The summed E-state index contributed by atoms with van der Waals surface area (Å²) in [5.74, 6) is 0.123. The first kappa shape index (κ1) is 21.3. The lowest BCUT2D eigenvalue weighted by atomic mass is 10.2. The highest BCUT2D eigenvalue weighted by molar-refractivity contribution is 9.10. The summed E-state index contributed by atoms with van der Waals surface area (Å²) in [6, 6.07) is 17.5. The quantitative estimate of drug-likeness (QED) is 0.515. The maximum Gasteiger partial charge on any atom is 0.279 e. The van der Waals surface area contributed by atoms with Gasteiger partial charge < -0.3 is 9.47 Å². The largest absolute Gasteiger partial charge is 0.489 e. The minimum absolute atomic E-state index is 0.333. The van der Waals surface area contributed by atoms with Crippen LogP contribution in [0.5, 0.6) is 11.5 Å². The van der Waals surface area contributed by atoms with E-state index >= 15 is 0 Å². The van der Waals surface area contributed by atoms with E-state index in [0.717, 1.165) is 10.0 Å². The van der Waals surface area contributed by atoms with E-state index < -0.39 is 17.9 Å². The molecule has 154 valence electrons. The first-order chi connectivity index (χ1) is 14.5. The number of hydrogen-bond donors (Lipinski definition) is 2. The lowest BCUT2D eigenvalue weighted by Crippen LogP contribution is -2.47. The van der Waals surface area contributed by atoms with Crippen LogP contribution in [0.1, 0.15) is 22.8 Å². The number of carbonyl (C=O) groups excluding carboxylic acids is 2. The highest BCUT2D eigenvalue weighted by atomic mass is 79.9. The van der Waals surface area contributed by atoms with E-state index in [4.69, 9.17) is 9.47 Å². The Hall–Kier alpha value is -3.39. The third-order valence-electron chi connectivity index (χ3n) is 4.00. The number of hydrazine groups is 1. The molecule has 1 atom stereocenters. The fraction of sp³-hybridized carbons (Fsp3) is 0.136. The van der Waals surface area contributed by atoms with Gasteiger partial charge in [0.1, 0.15) is 18.1 Å². The van der Waals surface area contributed by atoms with Gasteiger partial charge in [-0.2, -0.15) is 0 Å². The standard InChI is InChI=1S/C22H20BrN3O4/c1-15(30-20-9-3-7-18(23)12-20)21(27)25-26-22(28)17-6-2-8-19(11-17)29-14-16-5-4-10-24-13-16/h2-13,15H,14H2,1H3,(H,25,27)(H,26,28). The highest BCUT2D eigenvalue weighted by Gasteiger charge is 2.16. The van der Waals surface area contributed by atoms with Crippen LogP contribution in [-0.2, 0) is 11.4 Å². The first-order valence-corrected chi connectivity index (χ1v) is 9.95. The minimum atomic E-state index is -0.797. The first-order valence-electron chi connectivity index (χ1n) is 9.15. The van der Waals surface area contributed by atoms with Crippen LogP contribution in [0, 0.1) is 0 Å². The summed E-state index contributed by atoms with van der Waals surface area (Å²) in [6.07, 6.45) is 2.60. The predicted molar refractivity (Wildman–Crippen MR) is 115 cm³/mol. The number of hydrogen-bond acceptors (Lipinski definition) is 5. The van der Waals surface area contributed by atoms with E-state index in [-0.39, 0.29) is 0 Å². The van der Waals surface area contributed by atoms with Crippen LogP contribution in [0.4, 0.5) is 0 Å². The lowest BCUT2D eigenvalue weighted by Gasteiger charge is -2.15. The van der Waals surface area contributed by atoms with Crippen LogP contribution in [-0.4, -0.2) is 22.9 Å². The molecule has 0 saturated carbocycles. The number of carbonyl (C=O) groups is 2. The van der Waals surface area contributed by atoms with Crippen LogP contribution in [0.25, 0.3) is 0 Å². The monoisotopic (exact) mass is 469 g/mol. The molecule has 2 amide bonds. The van der Waals surface area contributed by atoms with E-state index in [1.165, 1.54) is 0 Å². The lowest BCUT2D eigenvalue weighted by molar-refractivity contribution is -0.128. The van der Waals surface area contributed by atoms with E-state index in [1.807, 2.05) is 18.2 Å². The van der Waals surface area contributed by atoms with Crippen LogP contribution < -0.4 is 20.3 Å². The molecule has 7 nitrogen and oxygen atoms in total. The molecular weight excluding hydrogens is 450 g/mol. The minimum Gasteiger partial charge on any atom is -0.489 e. The van der Waals surface area contributed by atoms with Crippen molar-refractivity contribution in [1.82, 2.24) is 15.8 Å². The third kappa shape index (κ3) is 6.31. The number of nitrogens with one attached hydrogen (secondary N) is 2. The Balaban J connectivity index is 1.51. The van der Waals surface area contributed by atoms with Crippen molar-refractivity contribution in [2.45, 2.75) is 19.6 Å². The van der Waals surface area contributed by atoms with Crippen molar-refractivity contribution in [3.63, 3.8) is 0 Å². The van der Waals surface area contributed by atoms with Crippen molar-refractivity contribution in [3.05, 3.63) is 88.7 Å². The Labute approximate surface area is 182 Å². The molecule has 0 bridgehead atoms. The molecule has 30 heavy (non-hydrogen) atoms. The molecule has 3 aromatic rings. The molecule has 1 aromatic heterocycles. The molecule has 2 N–H and O–H groups in total. The van der Waals surface area contributed by atoms with Crippen LogP contribution >= 0.6 is 15.9 Å². The van der Waals surface area contributed by atoms with Crippen LogP contribution in [0.3, 0.4) is 0 Å². The van der Waals surface area contributed by atoms with Gasteiger partial charge in [0.2, 0.25) is 0 Å². The summed E-state index contributed by atoms with van der Waals surface area (Å²) < 4.78 is 12.1. The van der Waals surface area contributed by atoms with Gasteiger partial charge in [0.15, 0.2) is 6.10 Å². The van der Waals surface area contributed by atoms with E-state index in [0.29, 0.717) is 23.7 Å². The molecule has 1 heterocycles. The number of nitrogens with zero attached hydrogens (tertiary/aromatic N) is 1. The van der Waals surface area contributed by atoms with Crippen molar-refractivity contribution in [3.8, 4) is 11.5 Å². The third-order valence-corrected chi connectivity index (χ3v) is 4.50. The molecule has 0 saturated heterocycles. The maximum atomic E-state index is 12.4. The highest BCUT2D eigenvalue weighted by Crippen LogP contribution is 2.19. The Kier molecular flexibility index (Phi) is 7.40. The van der Waals surface area contributed by atoms with Crippen LogP contribution in [0.15, 0.2) is 77.5 Å². The zero-order valence-corrected chi connectivity index (χ0v) is 17.8. The zero-order chi connectivity index (χ0) is 21.3. The van der Waals surface area contributed by atoms with Crippen molar-refractivity contribution < 1.29 is 19.1 Å². The fourth-order valence-corrected chi connectivity index (χ4v) is 2.85. The van der Waals surface area contributed by atoms with Gasteiger partial charge in [-0.3, -0.25) is 25.4 Å². The number of ether oxygens (including phenoxy) is 2. The summed E-state index contributed by atoms with van der Waals surface area (Å²) in [4.78, 5) is 28.6. The number of benzene rings is 2. The summed E-state index contributed by atoms with van der Waals surface area (Å²) in [5.41, 5.74) is 6.02. The topological polar surface area (TPSA) is 89.6 Å². The molecule has 2 aromatic carbocycles. The van der Waals surface area contributed by atoms with Gasteiger partial charge in [-0.1, -0.05) is 34.1 Å². The van der Waals surface area contributed by atoms with Gasteiger partial charge in [-0.15, -0.1) is 0 Å². The van der Waals surface area contributed by atoms with Gasteiger partial charge in [-0.05, 0) is 49.4 Å². The number of halogens is 1. The number of rotatable bonds is 7. The molecule has 0 radical (unpaired) electrons. The van der Waals surface area contributed by atoms with Crippen molar-refractivity contribution in [1.29, 1.82) is 0 Å². The van der Waals surface area contributed by atoms with Gasteiger partial charge in [-0.25, -0.2) is 0 Å². The Morgan fingerprint density at radius 3 is 2.60 bits per heavy atom. The van der Waals surface area contributed by atoms with Gasteiger partial charge >= 0.3 is 0 Å². The number of amides is 2. The van der Waals surface area contributed by atoms with Gasteiger partial charge in [0, 0.05) is 28.0 Å². The molecular formula is C22H20BrN3O4. The Morgan fingerprint density at radius 1 is 1.03 bits per heavy atom. The molecule has 0 spiro atoms. The van der Waals surface area contributed by atoms with Crippen molar-refractivity contribution in [2.24, 2.45) is 0 Å². The second-order valence-corrected chi connectivity index (χ2v) is 7.25. The predicted octanol–water partition coefficient (Wildman–Crippen LogP) is 3.65. The average Bonchev–Trinajstić information content (AvgIpc) is 2.76. The second kappa shape index (κ2) is 10.4. The summed E-state index contributed by atoms with van der Waals surface area (Å²) in [6.45, 7) is 1.93. The normalized spacial score (nSPS) is 11.3. The van der Waals surface area contributed by atoms with Gasteiger partial charge in [0.05, 0.1) is 0 Å². The summed E-state index contributed by atoms with van der Waals surface area (Å²) >= 11 is 3.34. The fourth-order valence-electron chi connectivity index (χ4n) is 2.47. The van der Waals surface area contributed by atoms with Crippen LogP contribution in [0.2, 0.25) is 0 Å². The smallest absolute Gasteiger partial charge is 0.279 e. The number of aromatic nitrogens is 1. The zero-order valence-electron chi connectivity index (χ0n) is 16.2. The molecule has 8 heteroatoms. The average molecular weight is 470 g/mol. The van der Waals surface area contributed by atoms with E-state index in [1.54, 1.807) is 61.8 Å².